The van der Waals surface area contributed by atoms with Crippen LogP contribution in [-0.2, 0) is 14.3 Å². The van der Waals surface area contributed by atoms with Crippen LogP contribution in [0.2, 0.25) is 0 Å². The van der Waals surface area contributed by atoms with E-state index < -0.39 is 5.41 Å². The normalized spacial score (nSPS) is 38.6. The number of fused-ring (bicyclic) bond motifs is 2. The number of esters is 1. The highest BCUT2D eigenvalue weighted by molar-refractivity contribution is 5.86. The van der Waals surface area contributed by atoms with Crippen molar-refractivity contribution in [3.8, 4) is 0 Å². The first-order valence-electron chi connectivity index (χ1n) is 4.90. The number of carbonyl (C=O) groups is 2. The molecule has 0 aromatic rings. The zero-order chi connectivity index (χ0) is 10.2. The summed E-state index contributed by atoms with van der Waals surface area (Å²) in [4.78, 5) is 22.6. The van der Waals surface area contributed by atoms with Crippen LogP contribution in [0.25, 0.3) is 0 Å². The van der Waals surface area contributed by atoms with Crippen LogP contribution in [0.1, 0.15) is 13.3 Å². The van der Waals surface area contributed by atoms with Gasteiger partial charge in [0.05, 0.1) is 12.0 Å². The molecule has 1 saturated carbocycles. The average molecular weight is 193 g/mol. The number of hydrogen-bond acceptors (Lipinski definition) is 3. The van der Waals surface area contributed by atoms with Crippen LogP contribution in [0.15, 0.2) is 12.2 Å². The van der Waals surface area contributed by atoms with Crippen molar-refractivity contribution in [2.75, 3.05) is 6.61 Å². The number of hydrogen-bond donors (Lipinski definition) is 0. The maximum atomic E-state index is 11.7. The van der Waals surface area contributed by atoms with Gasteiger partial charge in [-0.2, -0.15) is 0 Å². The van der Waals surface area contributed by atoms with Crippen molar-refractivity contribution in [2.45, 2.75) is 13.3 Å². The summed E-state index contributed by atoms with van der Waals surface area (Å²) in [5, 5.41) is 0. The van der Waals surface area contributed by atoms with Gasteiger partial charge in [0.2, 0.25) is 0 Å². The zero-order valence-electron chi connectivity index (χ0n) is 8.10. The van der Waals surface area contributed by atoms with E-state index in [-0.39, 0.29) is 17.8 Å². The van der Waals surface area contributed by atoms with E-state index in [1.165, 1.54) is 0 Å². The molecule has 1 fully saturated rings. The summed E-state index contributed by atoms with van der Waals surface area (Å²) in [6.07, 6.45) is 7.31. The van der Waals surface area contributed by atoms with E-state index >= 15 is 0 Å². The summed E-state index contributed by atoms with van der Waals surface area (Å²) < 4.78 is 5.01. The van der Waals surface area contributed by atoms with E-state index in [2.05, 4.69) is 0 Å². The number of aldehydes is 1. The second kappa shape index (κ2) is 3.23. The first kappa shape index (κ1) is 9.44. The maximum absolute atomic E-state index is 11.7. The predicted molar refractivity (Wildman–Crippen MR) is 50.2 cm³/mol. The van der Waals surface area contributed by atoms with Crippen LogP contribution in [0.5, 0.6) is 0 Å². The van der Waals surface area contributed by atoms with Gasteiger partial charge in [-0.15, -0.1) is 0 Å². The van der Waals surface area contributed by atoms with Gasteiger partial charge < -0.3 is 9.53 Å². The standard InChI is InChI=1S/C11H13O3/c1-2-14-10(13)11-4-3-8(6-11)5-9(11)7-12/h3-5,7-9H,2,6H2,1H3. The molecule has 0 spiro atoms. The summed E-state index contributed by atoms with van der Waals surface area (Å²) >= 11 is 0. The van der Waals surface area contributed by atoms with Gasteiger partial charge in [-0.1, -0.05) is 12.2 Å². The highest BCUT2D eigenvalue weighted by Crippen LogP contribution is 2.52. The molecule has 0 saturated heterocycles. The average Bonchev–Trinajstić information content (AvgIpc) is 2.75. The quantitative estimate of drug-likeness (QED) is 0.383. The molecule has 3 heteroatoms. The van der Waals surface area contributed by atoms with E-state index in [1.807, 2.05) is 18.6 Å². The van der Waals surface area contributed by atoms with Gasteiger partial charge in [-0.3, -0.25) is 4.79 Å². The molecule has 14 heavy (non-hydrogen) atoms. The molecule has 2 rings (SSSR count). The summed E-state index contributed by atoms with van der Waals surface area (Å²) in [5.41, 5.74) is -0.678. The third kappa shape index (κ3) is 1.11. The molecule has 0 aromatic heterocycles. The lowest BCUT2D eigenvalue weighted by molar-refractivity contribution is -0.154. The van der Waals surface area contributed by atoms with E-state index in [0.29, 0.717) is 13.0 Å². The molecule has 0 aliphatic heterocycles. The van der Waals surface area contributed by atoms with Gasteiger partial charge in [0, 0.05) is 5.92 Å². The van der Waals surface area contributed by atoms with Crippen LogP contribution in [0.3, 0.4) is 0 Å². The molecule has 1 radical (unpaired) electrons. The molecule has 3 nitrogen and oxygen atoms in total. The molecule has 2 aliphatic carbocycles. The molecule has 3 atom stereocenters. The lowest BCUT2D eigenvalue weighted by Gasteiger charge is -2.25. The van der Waals surface area contributed by atoms with Crippen molar-refractivity contribution in [1.82, 2.24) is 0 Å². The molecule has 2 bridgehead atoms. The van der Waals surface area contributed by atoms with Crippen molar-refractivity contribution >= 4 is 12.3 Å². The lowest BCUT2D eigenvalue weighted by atomic mass is 9.79. The van der Waals surface area contributed by atoms with Gasteiger partial charge in [0.1, 0.15) is 6.29 Å². The van der Waals surface area contributed by atoms with Crippen molar-refractivity contribution in [3.63, 3.8) is 0 Å². The molecular formula is C11H13O3. The van der Waals surface area contributed by atoms with Crippen LogP contribution < -0.4 is 0 Å². The summed E-state index contributed by atoms with van der Waals surface area (Å²) in [5.74, 6) is -0.282. The Morgan fingerprint density at radius 3 is 3.07 bits per heavy atom. The molecule has 0 N–H and O–H groups in total. The van der Waals surface area contributed by atoms with Gasteiger partial charge in [0.25, 0.3) is 0 Å². The Labute approximate surface area is 83.1 Å². The SMILES string of the molecule is CCOC(=O)C12C=CC([CH]C1C=O)C2. The Morgan fingerprint density at radius 1 is 1.71 bits per heavy atom. The topological polar surface area (TPSA) is 43.4 Å². The minimum atomic E-state index is -0.678. The van der Waals surface area contributed by atoms with E-state index in [4.69, 9.17) is 4.74 Å². The van der Waals surface area contributed by atoms with Crippen molar-refractivity contribution in [1.29, 1.82) is 0 Å². The highest BCUT2D eigenvalue weighted by atomic mass is 16.5. The second-order valence-corrected chi connectivity index (χ2v) is 3.84. The van der Waals surface area contributed by atoms with Crippen LogP contribution in [-0.4, -0.2) is 18.9 Å². The summed E-state index contributed by atoms with van der Waals surface area (Å²) in [6, 6.07) is 0. The number of carbonyl (C=O) groups excluding carboxylic acids is 2. The minimum Gasteiger partial charge on any atom is -0.465 e. The maximum Gasteiger partial charge on any atom is 0.316 e. The summed E-state index contributed by atoms with van der Waals surface area (Å²) in [6.45, 7) is 2.14. The molecule has 75 valence electrons. The predicted octanol–water partition coefficient (Wildman–Crippen LogP) is 1.14. The first-order valence-corrected chi connectivity index (χ1v) is 4.90. The fraction of sp³-hybridized carbons (Fsp3) is 0.545. The van der Waals surface area contributed by atoms with Gasteiger partial charge in [0.15, 0.2) is 0 Å². The van der Waals surface area contributed by atoms with E-state index in [1.54, 1.807) is 6.92 Å². The molecular weight excluding hydrogens is 180 g/mol. The van der Waals surface area contributed by atoms with Crippen LogP contribution in [0, 0.1) is 23.7 Å². The van der Waals surface area contributed by atoms with Crippen LogP contribution in [0.4, 0.5) is 0 Å². The number of allylic oxidation sites excluding steroid dienone is 1. The molecule has 0 aromatic carbocycles. The Morgan fingerprint density at radius 2 is 2.50 bits per heavy atom. The third-order valence-corrected chi connectivity index (χ3v) is 3.07. The Hall–Kier alpha value is -1.12. The van der Waals surface area contributed by atoms with E-state index in [9.17, 15) is 9.59 Å². The zero-order valence-corrected chi connectivity index (χ0v) is 8.10. The first-order chi connectivity index (χ1) is 6.73. The fourth-order valence-electron chi connectivity index (χ4n) is 2.36. The molecule has 3 unspecified atom stereocenters. The fourth-order valence-corrected chi connectivity index (χ4v) is 2.36. The Kier molecular flexibility index (Phi) is 2.17. The van der Waals surface area contributed by atoms with Gasteiger partial charge in [-0.25, -0.2) is 0 Å². The smallest absolute Gasteiger partial charge is 0.316 e. The monoisotopic (exact) mass is 193 g/mol. The van der Waals surface area contributed by atoms with Crippen LogP contribution >= 0.6 is 0 Å². The molecule has 0 amide bonds. The molecule has 0 heterocycles. The third-order valence-electron chi connectivity index (χ3n) is 3.07. The molecule has 2 aliphatic rings. The highest BCUT2D eigenvalue weighted by Gasteiger charge is 2.54. The van der Waals surface area contributed by atoms with E-state index in [0.717, 1.165) is 6.29 Å². The van der Waals surface area contributed by atoms with Gasteiger partial charge >= 0.3 is 5.97 Å². The van der Waals surface area contributed by atoms with Crippen molar-refractivity contribution in [3.05, 3.63) is 18.6 Å². The second-order valence-electron chi connectivity index (χ2n) is 3.84. The minimum absolute atomic E-state index is 0.260. The van der Waals surface area contributed by atoms with Gasteiger partial charge in [-0.05, 0) is 25.7 Å². The number of ether oxygens (including phenoxy) is 1. The lowest BCUT2D eigenvalue weighted by Crippen LogP contribution is -2.35. The van der Waals surface area contributed by atoms with Crippen molar-refractivity contribution in [2.24, 2.45) is 17.3 Å². The Bertz CT molecular complexity index is 295. The largest absolute Gasteiger partial charge is 0.465 e. The van der Waals surface area contributed by atoms with Crippen molar-refractivity contribution < 1.29 is 14.3 Å². The Balaban J connectivity index is 2.24. The summed E-state index contributed by atoms with van der Waals surface area (Å²) in [7, 11) is 0. The number of rotatable bonds is 3.